The minimum atomic E-state index is -0.459. The summed E-state index contributed by atoms with van der Waals surface area (Å²) in [6.07, 6.45) is 1.55. The van der Waals surface area contributed by atoms with Crippen molar-refractivity contribution in [3.63, 3.8) is 0 Å². The summed E-state index contributed by atoms with van der Waals surface area (Å²) in [5.41, 5.74) is 2.26. The average Bonchev–Trinajstić information content (AvgIpc) is 3.00. The number of imidazole rings is 1. The Labute approximate surface area is 151 Å². The van der Waals surface area contributed by atoms with Gasteiger partial charge in [0.2, 0.25) is 11.9 Å². The molecule has 2 saturated heterocycles. The Hall–Kier alpha value is -2.61. The van der Waals surface area contributed by atoms with Crippen molar-refractivity contribution < 1.29 is 14.3 Å². The number of piperidine rings is 1. The van der Waals surface area contributed by atoms with Crippen LogP contribution >= 0.6 is 0 Å². The lowest BCUT2D eigenvalue weighted by molar-refractivity contribution is -0.124. The van der Waals surface area contributed by atoms with Crippen molar-refractivity contribution in [2.75, 3.05) is 37.7 Å². The molecule has 3 heterocycles. The Morgan fingerprint density at radius 1 is 1.35 bits per heavy atom. The molecule has 1 aromatic heterocycles. The minimum absolute atomic E-state index is 0.113. The molecule has 1 unspecified atom stereocenters. The number of morpholine rings is 1. The third-order valence-electron chi connectivity index (χ3n) is 5.00. The summed E-state index contributed by atoms with van der Waals surface area (Å²) >= 11 is 0. The summed E-state index contributed by atoms with van der Waals surface area (Å²) in [5.74, 6) is 0.526. The van der Waals surface area contributed by atoms with Gasteiger partial charge >= 0.3 is 0 Å². The molecule has 0 bridgehead atoms. The maximum absolute atomic E-state index is 12.5. The van der Waals surface area contributed by atoms with E-state index in [0.29, 0.717) is 31.7 Å². The minimum Gasteiger partial charge on any atom is -0.378 e. The Bertz CT molecular complexity index is 841. The van der Waals surface area contributed by atoms with Crippen LogP contribution in [0.4, 0.5) is 5.95 Å². The topological polar surface area (TPSA) is 88.5 Å². The van der Waals surface area contributed by atoms with E-state index in [4.69, 9.17) is 9.72 Å². The van der Waals surface area contributed by atoms with E-state index in [2.05, 4.69) is 15.5 Å². The molecule has 2 fully saturated rings. The molecular weight excluding hydrogens is 334 g/mol. The number of aryl methyl sites for hydroxylation is 1. The lowest BCUT2D eigenvalue weighted by Gasteiger charge is -2.27. The van der Waals surface area contributed by atoms with Gasteiger partial charge in [-0.1, -0.05) is 0 Å². The smallest absolute Gasteiger partial charge is 0.252 e. The Morgan fingerprint density at radius 3 is 2.92 bits per heavy atom. The summed E-state index contributed by atoms with van der Waals surface area (Å²) in [6, 6.07) is 5.01. The number of nitrogens with zero attached hydrogens (tertiary/aromatic N) is 3. The predicted octanol–water partition coefficient (Wildman–Crippen LogP) is 0.418. The zero-order valence-electron chi connectivity index (χ0n) is 14.8. The number of benzene rings is 1. The molecule has 1 aromatic carbocycles. The van der Waals surface area contributed by atoms with Crippen LogP contribution in [-0.4, -0.2) is 60.3 Å². The van der Waals surface area contributed by atoms with E-state index in [1.54, 1.807) is 12.1 Å². The number of fused-ring (bicyclic) bond motifs is 1. The number of nitrogens with one attached hydrogen (secondary N) is 2. The van der Waals surface area contributed by atoms with E-state index in [0.717, 1.165) is 36.5 Å². The lowest BCUT2D eigenvalue weighted by atomic mass is 10.1. The van der Waals surface area contributed by atoms with Gasteiger partial charge in [0, 0.05) is 32.2 Å². The molecule has 0 aliphatic carbocycles. The first-order chi connectivity index (χ1) is 12.6. The Morgan fingerprint density at radius 2 is 2.15 bits per heavy atom. The highest BCUT2D eigenvalue weighted by Crippen LogP contribution is 2.23. The molecular formula is C18H23N5O3. The molecule has 4 rings (SSSR count). The van der Waals surface area contributed by atoms with Gasteiger partial charge in [-0.3, -0.25) is 9.59 Å². The van der Waals surface area contributed by atoms with Crippen LogP contribution in [0.3, 0.4) is 0 Å². The fourth-order valence-corrected chi connectivity index (χ4v) is 3.53. The molecule has 0 radical (unpaired) electrons. The highest BCUT2D eigenvalue weighted by Gasteiger charge is 2.24. The van der Waals surface area contributed by atoms with Crippen LogP contribution in [0.25, 0.3) is 11.0 Å². The number of amides is 2. The lowest BCUT2D eigenvalue weighted by Crippen LogP contribution is -2.50. The highest BCUT2D eigenvalue weighted by molar-refractivity contribution is 6.00. The Kier molecular flexibility index (Phi) is 4.50. The number of carbonyl (C=O) groups is 2. The monoisotopic (exact) mass is 357 g/mol. The van der Waals surface area contributed by atoms with Crippen LogP contribution in [0.1, 0.15) is 23.2 Å². The second-order valence-electron chi connectivity index (χ2n) is 6.73. The number of hydrogen-bond acceptors (Lipinski definition) is 5. The SMILES string of the molecule is Cn1c(N2CCOCC2)nc2cc(C(=O)NC3CCCNC3=O)ccc21. The average molecular weight is 357 g/mol. The first-order valence-electron chi connectivity index (χ1n) is 9.01. The maximum Gasteiger partial charge on any atom is 0.252 e. The summed E-state index contributed by atoms with van der Waals surface area (Å²) in [5, 5.41) is 5.60. The van der Waals surface area contributed by atoms with Gasteiger partial charge in [0.05, 0.1) is 24.2 Å². The van der Waals surface area contributed by atoms with Crippen LogP contribution in [0.5, 0.6) is 0 Å². The van der Waals surface area contributed by atoms with E-state index in [1.807, 2.05) is 17.7 Å². The number of hydrogen-bond donors (Lipinski definition) is 2. The van der Waals surface area contributed by atoms with Crippen molar-refractivity contribution in [3.05, 3.63) is 23.8 Å². The maximum atomic E-state index is 12.5. The quantitative estimate of drug-likeness (QED) is 0.831. The van der Waals surface area contributed by atoms with E-state index < -0.39 is 6.04 Å². The second-order valence-corrected chi connectivity index (χ2v) is 6.73. The first kappa shape index (κ1) is 16.8. The van der Waals surface area contributed by atoms with Crippen LogP contribution in [0, 0.1) is 0 Å². The predicted molar refractivity (Wildman–Crippen MR) is 97.2 cm³/mol. The number of carbonyl (C=O) groups excluding carboxylic acids is 2. The molecule has 2 aliphatic rings. The van der Waals surface area contributed by atoms with Gasteiger partial charge in [0.1, 0.15) is 6.04 Å². The third kappa shape index (κ3) is 3.12. The normalized spacial score (nSPS) is 20.9. The fraction of sp³-hybridized carbons (Fsp3) is 0.500. The van der Waals surface area contributed by atoms with Gasteiger partial charge in [-0.2, -0.15) is 0 Å². The molecule has 2 amide bonds. The zero-order valence-corrected chi connectivity index (χ0v) is 14.8. The molecule has 26 heavy (non-hydrogen) atoms. The highest BCUT2D eigenvalue weighted by atomic mass is 16.5. The van der Waals surface area contributed by atoms with Gasteiger partial charge in [0.15, 0.2) is 0 Å². The molecule has 8 heteroatoms. The van der Waals surface area contributed by atoms with E-state index in [9.17, 15) is 9.59 Å². The molecule has 2 N–H and O–H groups in total. The van der Waals surface area contributed by atoms with E-state index >= 15 is 0 Å². The van der Waals surface area contributed by atoms with Crippen molar-refractivity contribution in [2.24, 2.45) is 7.05 Å². The fourth-order valence-electron chi connectivity index (χ4n) is 3.53. The molecule has 2 aromatic rings. The summed E-state index contributed by atoms with van der Waals surface area (Å²) in [6.45, 7) is 3.68. The van der Waals surface area contributed by atoms with E-state index in [1.165, 1.54) is 0 Å². The van der Waals surface area contributed by atoms with Crippen molar-refractivity contribution >= 4 is 28.8 Å². The number of ether oxygens (including phenoxy) is 1. The standard InChI is InChI=1S/C18H23N5O3/c1-22-15-5-4-12(16(24)20-13-3-2-6-19-17(13)25)11-14(15)21-18(22)23-7-9-26-10-8-23/h4-5,11,13H,2-3,6-10H2,1H3,(H,19,25)(H,20,24). The van der Waals surface area contributed by atoms with Gasteiger partial charge in [-0.15, -0.1) is 0 Å². The van der Waals surface area contributed by atoms with Crippen LogP contribution < -0.4 is 15.5 Å². The summed E-state index contributed by atoms with van der Waals surface area (Å²) < 4.78 is 7.44. The second kappa shape index (κ2) is 6.95. The first-order valence-corrected chi connectivity index (χ1v) is 9.01. The van der Waals surface area contributed by atoms with Gasteiger partial charge in [-0.25, -0.2) is 4.98 Å². The summed E-state index contributed by atoms with van der Waals surface area (Å²) in [4.78, 5) is 31.3. The van der Waals surface area contributed by atoms with Crippen LogP contribution in [0.15, 0.2) is 18.2 Å². The van der Waals surface area contributed by atoms with Crippen molar-refractivity contribution in [1.29, 1.82) is 0 Å². The number of anilines is 1. The van der Waals surface area contributed by atoms with Crippen molar-refractivity contribution in [1.82, 2.24) is 20.2 Å². The van der Waals surface area contributed by atoms with Gasteiger partial charge < -0.3 is 24.8 Å². The summed E-state index contributed by atoms with van der Waals surface area (Å²) in [7, 11) is 1.98. The third-order valence-corrected chi connectivity index (χ3v) is 5.00. The van der Waals surface area contributed by atoms with E-state index in [-0.39, 0.29) is 11.8 Å². The van der Waals surface area contributed by atoms with Gasteiger partial charge in [-0.05, 0) is 31.0 Å². The molecule has 8 nitrogen and oxygen atoms in total. The van der Waals surface area contributed by atoms with Crippen molar-refractivity contribution in [2.45, 2.75) is 18.9 Å². The molecule has 0 spiro atoms. The molecule has 0 saturated carbocycles. The molecule has 138 valence electrons. The number of aromatic nitrogens is 2. The van der Waals surface area contributed by atoms with Crippen LogP contribution in [-0.2, 0) is 16.6 Å². The molecule has 2 aliphatic heterocycles. The largest absolute Gasteiger partial charge is 0.378 e. The number of rotatable bonds is 3. The zero-order chi connectivity index (χ0) is 18.1. The molecule has 1 atom stereocenters. The Balaban J connectivity index is 1.56. The van der Waals surface area contributed by atoms with Gasteiger partial charge in [0.25, 0.3) is 5.91 Å². The van der Waals surface area contributed by atoms with Crippen molar-refractivity contribution in [3.8, 4) is 0 Å². The van der Waals surface area contributed by atoms with Crippen LogP contribution in [0.2, 0.25) is 0 Å².